The molecule has 0 aromatic heterocycles. The van der Waals surface area contributed by atoms with E-state index in [0.29, 0.717) is 0 Å². The highest BCUT2D eigenvalue weighted by Crippen LogP contribution is 2.23. The third-order valence-electron chi connectivity index (χ3n) is 3.89. The number of carbonyl (C=O) groups excluding carboxylic acids is 2. The van der Waals surface area contributed by atoms with E-state index in [1.807, 2.05) is 6.07 Å². The number of sulfonamides is 1. The van der Waals surface area contributed by atoms with Gasteiger partial charge in [0.05, 0.1) is 4.90 Å². The molecule has 132 valence electrons. The molecule has 1 aromatic carbocycles. The van der Waals surface area contributed by atoms with Crippen molar-refractivity contribution in [3.05, 3.63) is 29.3 Å². The molecule has 2 rings (SSSR count). The Bertz CT molecular complexity index is 728. The zero-order valence-corrected chi connectivity index (χ0v) is 14.7. The van der Waals surface area contributed by atoms with Gasteiger partial charge in [-0.05, 0) is 48.9 Å². The fraction of sp³-hybridized carbons (Fsp3) is 0.500. The van der Waals surface area contributed by atoms with Crippen LogP contribution in [0.1, 0.15) is 24.0 Å². The zero-order chi connectivity index (χ0) is 17.7. The molecule has 8 heteroatoms. The number of hydrogen-bond acceptors (Lipinski definition) is 5. The Morgan fingerprint density at radius 2 is 1.83 bits per heavy atom. The summed E-state index contributed by atoms with van der Waals surface area (Å²) in [6.07, 6.45) is 4.01. The van der Waals surface area contributed by atoms with Gasteiger partial charge in [0.1, 0.15) is 6.54 Å². The lowest BCUT2D eigenvalue weighted by Crippen LogP contribution is -2.33. The fourth-order valence-corrected chi connectivity index (χ4v) is 3.46. The van der Waals surface area contributed by atoms with Crippen molar-refractivity contribution in [3.63, 3.8) is 0 Å². The maximum absolute atomic E-state index is 12.3. The van der Waals surface area contributed by atoms with Crippen LogP contribution in [0.3, 0.4) is 0 Å². The summed E-state index contributed by atoms with van der Waals surface area (Å²) < 4.78 is 31.5. The first-order valence-corrected chi connectivity index (χ1v) is 9.25. The van der Waals surface area contributed by atoms with Crippen LogP contribution in [-0.2, 0) is 37.2 Å². The molecule has 0 fully saturated rings. The summed E-state index contributed by atoms with van der Waals surface area (Å²) >= 11 is 0. The van der Waals surface area contributed by atoms with Gasteiger partial charge in [0.15, 0.2) is 6.61 Å². The Kier molecular flexibility index (Phi) is 5.95. The van der Waals surface area contributed by atoms with Crippen LogP contribution in [0.15, 0.2) is 23.1 Å². The molecule has 1 aliphatic rings. The van der Waals surface area contributed by atoms with Crippen molar-refractivity contribution < 1.29 is 22.7 Å². The lowest BCUT2D eigenvalue weighted by molar-refractivity contribution is -0.149. The first kappa shape index (κ1) is 18.4. The molecule has 1 N–H and O–H groups in total. The molecule has 0 aliphatic heterocycles. The van der Waals surface area contributed by atoms with E-state index in [1.54, 1.807) is 12.1 Å². The average Bonchev–Trinajstić information content (AvgIpc) is 2.57. The molecule has 0 saturated carbocycles. The van der Waals surface area contributed by atoms with Crippen LogP contribution in [0.4, 0.5) is 0 Å². The first-order chi connectivity index (χ1) is 11.3. The highest BCUT2D eigenvalue weighted by atomic mass is 32.2. The van der Waals surface area contributed by atoms with Crippen LogP contribution in [0.2, 0.25) is 0 Å². The van der Waals surface area contributed by atoms with Crippen LogP contribution < -0.4 is 4.72 Å². The van der Waals surface area contributed by atoms with E-state index in [-0.39, 0.29) is 10.8 Å². The number of carbonyl (C=O) groups is 2. The minimum Gasteiger partial charge on any atom is -0.455 e. The van der Waals surface area contributed by atoms with Gasteiger partial charge >= 0.3 is 5.97 Å². The van der Waals surface area contributed by atoms with E-state index in [2.05, 4.69) is 4.72 Å². The molecular formula is C16H22N2O5S. The number of nitrogens with zero attached hydrogens (tertiary/aromatic N) is 1. The number of esters is 1. The van der Waals surface area contributed by atoms with Crippen molar-refractivity contribution in [2.24, 2.45) is 0 Å². The number of benzene rings is 1. The fourth-order valence-electron chi connectivity index (χ4n) is 2.44. The lowest BCUT2D eigenvalue weighted by Gasteiger charge is -2.16. The predicted molar refractivity (Wildman–Crippen MR) is 87.9 cm³/mol. The van der Waals surface area contributed by atoms with E-state index in [0.717, 1.165) is 31.2 Å². The van der Waals surface area contributed by atoms with Crippen molar-refractivity contribution in [1.29, 1.82) is 0 Å². The van der Waals surface area contributed by atoms with Gasteiger partial charge in [-0.15, -0.1) is 0 Å². The summed E-state index contributed by atoms with van der Waals surface area (Å²) in [7, 11) is -0.717. The molecule has 0 bridgehead atoms. The van der Waals surface area contributed by atoms with Gasteiger partial charge in [-0.2, -0.15) is 4.72 Å². The van der Waals surface area contributed by atoms with E-state index in [9.17, 15) is 18.0 Å². The molecule has 0 saturated heterocycles. The molecular weight excluding hydrogens is 332 g/mol. The number of nitrogens with one attached hydrogen (secondary N) is 1. The highest BCUT2D eigenvalue weighted by molar-refractivity contribution is 7.89. The molecule has 1 amide bonds. The molecule has 0 radical (unpaired) electrons. The van der Waals surface area contributed by atoms with Crippen LogP contribution in [0.25, 0.3) is 0 Å². The van der Waals surface area contributed by atoms with Crippen LogP contribution in [0, 0.1) is 0 Å². The number of amides is 1. The quantitative estimate of drug-likeness (QED) is 0.750. The van der Waals surface area contributed by atoms with Crippen LogP contribution in [-0.4, -0.2) is 52.4 Å². The van der Waals surface area contributed by atoms with Gasteiger partial charge in [0, 0.05) is 14.1 Å². The summed E-state index contributed by atoms with van der Waals surface area (Å²) in [4.78, 5) is 24.3. The van der Waals surface area contributed by atoms with E-state index in [1.165, 1.54) is 24.6 Å². The summed E-state index contributed by atoms with van der Waals surface area (Å²) in [5.74, 6) is -1.17. The normalized spacial score (nSPS) is 13.9. The van der Waals surface area contributed by atoms with Gasteiger partial charge in [-0.25, -0.2) is 8.42 Å². The van der Waals surface area contributed by atoms with Gasteiger partial charge in [-0.3, -0.25) is 9.59 Å². The minimum absolute atomic E-state index is 0.139. The number of rotatable bonds is 6. The summed E-state index contributed by atoms with van der Waals surface area (Å²) in [5, 5.41) is 0. The van der Waals surface area contributed by atoms with Crippen molar-refractivity contribution in [2.45, 2.75) is 30.6 Å². The lowest BCUT2D eigenvalue weighted by atomic mass is 9.92. The Hall–Kier alpha value is -1.93. The zero-order valence-electron chi connectivity index (χ0n) is 13.9. The third-order valence-corrected chi connectivity index (χ3v) is 5.29. The monoisotopic (exact) mass is 354 g/mol. The van der Waals surface area contributed by atoms with Crippen molar-refractivity contribution in [3.8, 4) is 0 Å². The smallest absolute Gasteiger partial charge is 0.321 e. The third kappa shape index (κ3) is 4.78. The highest BCUT2D eigenvalue weighted by Gasteiger charge is 2.19. The second-order valence-corrected chi connectivity index (χ2v) is 7.68. The topological polar surface area (TPSA) is 92.8 Å². The number of aryl methyl sites for hydroxylation is 2. The maximum atomic E-state index is 12.3. The number of likely N-dealkylation sites (N-methyl/N-ethyl adjacent to an activating group) is 1. The average molecular weight is 354 g/mol. The molecule has 0 spiro atoms. The Morgan fingerprint density at radius 3 is 2.50 bits per heavy atom. The van der Waals surface area contributed by atoms with Gasteiger partial charge < -0.3 is 9.64 Å². The van der Waals surface area contributed by atoms with Crippen molar-refractivity contribution in [1.82, 2.24) is 9.62 Å². The standard InChI is InChI=1S/C16H22N2O5S/c1-18(2)15(19)11-23-16(20)10-17-24(21,22)14-8-7-12-5-3-4-6-13(12)9-14/h7-9,17H,3-6,10-11H2,1-2H3. The Labute approximate surface area is 142 Å². The van der Waals surface area contributed by atoms with E-state index < -0.39 is 29.1 Å². The number of hydrogen-bond donors (Lipinski definition) is 1. The van der Waals surface area contributed by atoms with Gasteiger partial charge in [0.2, 0.25) is 10.0 Å². The Balaban J connectivity index is 1.94. The van der Waals surface area contributed by atoms with E-state index >= 15 is 0 Å². The van der Waals surface area contributed by atoms with Crippen molar-refractivity contribution in [2.75, 3.05) is 27.2 Å². The number of fused-ring (bicyclic) bond motifs is 1. The Morgan fingerprint density at radius 1 is 1.17 bits per heavy atom. The summed E-state index contributed by atoms with van der Waals surface area (Å²) in [6, 6.07) is 5.04. The molecule has 1 aromatic rings. The van der Waals surface area contributed by atoms with Crippen LogP contribution in [0.5, 0.6) is 0 Å². The number of ether oxygens (including phenoxy) is 1. The predicted octanol–water partition coefficient (Wildman–Crippen LogP) is 0.475. The summed E-state index contributed by atoms with van der Waals surface area (Å²) in [5.41, 5.74) is 2.23. The molecule has 0 heterocycles. The SMILES string of the molecule is CN(C)C(=O)COC(=O)CNS(=O)(=O)c1ccc2c(c1)CCCC2. The van der Waals surface area contributed by atoms with Gasteiger partial charge in [-0.1, -0.05) is 6.07 Å². The molecule has 0 atom stereocenters. The minimum atomic E-state index is -3.79. The molecule has 1 aliphatic carbocycles. The first-order valence-electron chi connectivity index (χ1n) is 7.77. The second-order valence-electron chi connectivity index (χ2n) is 5.91. The largest absolute Gasteiger partial charge is 0.455 e. The van der Waals surface area contributed by atoms with E-state index in [4.69, 9.17) is 4.74 Å². The van der Waals surface area contributed by atoms with Crippen molar-refractivity contribution >= 4 is 21.9 Å². The van der Waals surface area contributed by atoms with Crippen LogP contribution >= 0.6 is 0 Å². The summed E-state index contributed by atoms with van der Waals surface area (Å²) in [6.45, 7) is -0.924. The molecule has 0 unspecified atom stereocenters. The molecule has 7 nitrogen and oxygen atoms in total. The maximum Gasteiger partial charge on any atom is 0.321 e. The molecule has 24 heavy (non-hydrogen) atoms. The second kappa shape index (κ2) is 7.76. The van der Waals surface area contributed by atoms with Gasteiger partial charge in [0.25, 0.3) is 5.91 Å².